The van der Waals surface area contributed by atoms with Crippen molar-refractivity contribution in [1.29, 1.82) is 0 Å². The Balaban J connectivity index is 1.45. The summed E-state index contributed by atoms with van der Waals surface area (Å²) in [7, 11) is 0. The van der Waals surface area contributed by atoms with Crippen LogP contribution in [0.4, 0.5) is 11.6 Å². The first kappa shape index (κ1) is 35.1. The number of hydrogen-bond donors (Lipinski definition) is 4. The van der Waals surface area contributed by atoms with Gasteiger partial charge in [-0.3, -0.25) is 10.3 Å². The van der Waals surface area contributed by atoms with Gasteiger partial charge < -0.3 is 15.6 Å². The quantitative estimate of drug-likeness (QED) is 0.172. The fourth-order valence-electron chi connectivity index (χ4n) is 8.92. The fraction of sp³-hybridized carbons (Fsp3) is 0.318. The minimum atomic E-state index is -0.651. The lowest BCUT2D eigenvalue weighted by molar-refractivity contribution is 0.205. The molecule has 266 valence electrons. The number of aromatic amines is 1. The molecule has 6 atom stereocenters. The number of aliphatic imine (C=N–C) groups is 2. The molecule has 4 aliphatic rings. The van der Waals surface area contributed by atoms with E-state index in [4.69, 9.17) is 9.98 Å². The van der Waals surface area contributed by atoms with Crippen molar-refractivity contribution in [3.8, 4) is 0 Å². The number of anilines is 2. The van der Waals surface area contributed by atoms with Crippen LogP contribution in [-0.2, 0) is 0 Å². The first-order valence-corrected chi connectivity index (χ1v) is 18.3. The molecule has 0 aliphatic carbocycles. The van der Waals surface area contributed by atoms with E-state index < -0.39 is 16.6 Å². The maximum Gasteiger partial charge on any atom is 0.126 e. The normalized spacial score (nSPS) is 27.6. The molecule has 0 spiro atoms. The number of nitrogens with one attached hydrogen (secondary N) is 4. The summed E-state index contributed by atoms with van der Waals surface area (Å²) in [5, 5.41) is 13.5. The van der Waals surface area contributed by atoms with Crippen LogP contribution < -0.4 is 26.6 Å². The lowest BCUT2D eigenvalue weighted by atomic mass is 9.63. The number of fused-ring (bicyclic) bond motifs is 6. The Morgan fingerprint density at radius 2 is 1.58 bits per heavy atom. The van der Waals surface area contributed by atoms with Crippen LogP contribution in [0.1, 0.15) is 54.4 Å². The molecule has 8 bridgehead atoms. The summed E-state index contributed by atoms with van der Waals surface area (Å²) in [6.07, 6.45) is 19.9. The highest BCUT2D eigenvalue weighted by Gasteiger charge is 2.58. The average Bonchev–Trinajstić information content (AvgIpc) is 3.87. The maximum atomic E-state index is 5.89. The monoisotopic (exact) mass is 690 g/mol. The number of nitrogens with zero attached hydrogens (tertiary/aromatic N) is 4. The van der Waals surface area contributed by atoms with Crippen LogP contribution in [0, 0.1) is 5.92 Å². The summed E-state index contributed by atoms with van der Waals surface area (Å²) in [4.78, 5) is 23.7. The van der Waals surface area contributed by atoms with Gasteiger partial charge in [0.05, 0.1) is 33.7 Å². The van der Waals surface area contributed by atoms with Gasteiger partial charge in [0.2, 0.25) is 0 Å². The van der Waals surface area contributed by atoms with Crippen molar-refractivity contribution in [2.75, 3.05) is 10.6 Å². The predicted molar refractivity (Wildman–Crippen MR) is 217 cm³/mol. The topological polar surface area (TPSA) is 102 Å². The Morgan fingerprint density at radius 3 is 2.21 bits per heavy atom. The van der Waals surface area contributed by atoms with E-state index in [2.05, 4.69) is 134 Å². The van der Waals surface area contributed by atoms with Crippen molar-refractivity contribution in [1.82, 2.24) is 20.3 Å². The smallest absolute Gasteiger partial charge is 0.126 e. The predicted octanol–water partition coefficient (Wildman–Crippen LogP) is 6.99. The van der Waals surface area contributed by atoms with Crippen molar-refractivity contribution in [3.05, 3.63) is 143 Å². The van der Waals surface area contributed by atoms with Crippen LogP contribution >= 0.6 is 0 Å². The fourth-order valence-corrected chi connectivity index (χ4v) is 8.92. The summed E-state index contributed by atoms with van der Waals surface area (Å²) in [5.41, 5.74) is 5.73. The van der Waals surface area contributed by atoms with Gasteiger partial charge in [0.25, 0.3) is 0 Å². The number of rotatable bonds is 10. The number of allylic oxidation sites excluding steroid dienone is 3. The average molecular weight is 691 g/mol. The van der Waals surface area contributed by atoms with Gasteiger partial charge in [-0.2, -0.15) is 0 Å². The van der Waals surface area contributed by atoms with E-state index in [1.54, 1.807) is 0 Å². The summed E-state index contributed by atoms with van der Waals surface area (Å²) in [6.45, 7) is 22.4. The molecule has 0 saturated heterocycles. The molecule has 4 N–H and O–H groups in total. The third-order valence-corrected chi connectivity index (χ3v) is 11.3. The lowest BCUT2D eigenvalue weighted by Gasteiger charge is -2.48. The van der Waals surface area contributed by atoms with E-state index in [0.717, 1.165) is 57.9 Å². The molecule has 8 nitrogen and oxygen atoms in total. The largest absolute Gasteiger partial charge is 0.368 e. The van der Waals surface area contributed by atoms with Crippen molar-refractivity contribution in [3.63, 3.8) is 0 Å². The van der Waals surface area contributed by atoms with Gasteiger partial charge >= 0.3 is 0 Å². The third-order valence-electron chi connectivity index (χ3n) is 11.3. The molecule has 7 heterocycles. The van der Waals surface area contributed by atoms with Gasteiger partial charge in [0, 0.05) is 41.1 Å². The Labute approximate surface area is 307 Å². The van der Waals surface area contributed by atoms with Crippen molar-refractivity contribution in [2.45, 2.75) is 83.1 Å². The van der Waals surface area contributed by atoms with Crippen LogP contribution in [-0.4, -0.2) is 55.1 Å². The Hall–Kier alpha value is -5.34. The molecule has 52 heavy (non-hydrogen) atoms. The number of pyridine rings is 2. The summed E-state index contributed by atoms with van der Waals surface area (Å²) >= 11 is 0. The first-order chi connectivity index (χ1) is 25.0. The number of hydrogen-bond acceptors (Lipinski definition) is 7. The summed E-state index contributed by atoms with van der Waals surface area (Å²) in [5.74, 6) is 1.61. The highest BCUT2D eigenvalue weighted by atomic mass is 15.1. The Bertz CT molecular complexity index is 2200. The molecule has 0 aromatic carbocycles. The van der Waals surface area contributed by atoms with Crippen LogP contribution in [0.2, 0.25) is 0 Å². The highest BCUT2D eigenvalue weighted by molar-refractivity contribution is 6.22. The molecular weight excluding hydrogens is 641 g/mol. The molecule has 3 aromatic heterocycles. The molecule has 0 fully saturated rings. The van der Waals surface area contributed by atoms with E-state index in [0.29, 0.717) is 0 Å². The summed E-state index contributed by atoms with van der Waals surface area (Å²) < 4.78 is 0. The van der Waals surface area contributed by atoms with E-state index in [-0.39, 0.29) is 18.0 Å². The van der Waals surface area contributed by atoms with Gasteiger partial charge in [0.15, 0.2) is 0 Å². The van der Waals surface area contributed by atoms with E-state index >= 15 is 0 Å². The molecule has 4 aliphatic heterocycles. The minimum Gasteiger partial charge on any atom is -0.368 e. The SMILES string of the molecule is C=CC1=C(C)C2(C=C)NC1(C)C=C1C=CC(=N1)C=c1ccc([nH]1)=CC1=NC(CC(C)Nc3ccccn3)(C(CC(C)Nc3ccccn3)=C1C)C2C. The Kier molecular flexibility index (Phi) is 9.21. The van der Waals surface area contributed by atoms with Gasteiger partial charge in [-0.15, -0.1) is 6.58 Å². The van der Waals surface area contributed by atoms with Gasteiger partial charge in [-0.05, 0) is 137 Å². The summed E-state index contributed by atoms with van der Waals surface area (Å²) in [6, 6.07) is 16.3. The van der Waals surface area contributed by atoms with Gasteiger partial charge in [-0.25, -0.2) is 15.0 Å². The first-order valence-electron chi connectivity index (χ1n) is 18.3. The van der Waals surface area contributed by atoms with Gasteiger partial charge in [0.1, 0.15) is 11.6 Å². The van der Waals surface area contributed by atoms with Crippen molar-refractivity contribution >= 4 is 35.2 Å². The molecule has 0 radical (unpaired) electrons. The molecular formula is C44H50N8. The maximum absolute atomic E-state index is 5.89. The Morgan fingerprint density at radius 1 is 0.904 bits per heavy atom. The van der Waals surface area contributed by atoms with Gasteiger partial charge in [-0.1, -0.05) is 37.8 Å². The molecule has 6 unspecified atom stereocenters. The second-order valence-corrected chi connectivity index (χ2v) is 14.9. The zero-order chi connectivity index (χ0) is 36.7. The second kappa shape index (κ2) is 13.7. The minimum absolute atomic E-state index is 0.0240. The third kappa shape index (κ3) is 6.26. The molecule has 0 saturated carbocycles. The highest BCUT2D eigenvalue weighted by Crippen LogP contribution is 2.53. The van der Waals surface area contributed by atoms with Crippen LogP contribution in [0.3, 0.4) is 0 Å². The van der Waals surface area contributed by atoms with Crippen LogP contribution in [0.25, 0.3) is 12.2 Å². The molecule has 0 amide bonds. The van der Waals surface area contributed by atoms with Crippen LogP contribution in [0.15, 0.2) is 142 Å². The second-order valence-electron chi connectivity index (χ2n) is 14.9. The zero-order valence-corrected chi connectivity index (χ0v) is 31.2. The lowest BCUT2D eigenvalue weighted by Crippen LogP contribution is -2.60. The molecule has 3 aromatic rings. The van der Waals surface area contributed by atoms with E-state index in [9.17, 15) is 0 Å². The molecule has 8 heteroatoms. The van der Waals surface area contributed by atoms with Crippen molar-refractivity contribution in [2.24, 2.45) is 15.9 Å². The number of aromatic nitrogens is 3. The van der Waals surface area contributed by atoms with E-state index in [1.807, 2.05) is 54.9 Å². The van der Waals surface area contributed by atoms with Crippen molar-refractivity contribution < 1.29 is 0 Å². The van der Waals surface area contributed by atoms with E-state index in [1.165, 1.54) is 16.7 Å². The van der Waals surface area contributed by atoms with Crippen LogP contribution in [0.5, 0.6) is 0 Å². The zero-order valence-electron chi connectivity index (χ0n) is 31.2. The standard InChI is InChI=1S/C44H50N8/c1-9-37-31(6)43(10-2)32(7)44(26-29(4)48-41-16-12-14-22-46-41)38(23-28(3)47-40-15-11-13-21-45-40)30(5)39(51-44)25-35-18-17-33(49-35)24-34-19-20-36(50-34)27-42(37,8)52-43/h9-22,24-25,27-29,32,49,52H,1-2,23,26H2,3-8H3,(H,45,47)(H,46,48). The number of H-pyrrole nitrogens is 1. The molecule has 7 rings (SSSR count).